The summed E-state index contributed by atoms with van der Waals surface area (Å²) in [5.41, 5.74) is 1.65. The van der Waals surface area contributed by atoms with E-state index in [1.807, 2.05) is 0 Å². The van der Waals surface area contributed by atoms with Gasteiger partial charge in [0, 0.05) is 4.88 Å². The zero-order valence-corrected chi connectivity index (χ0v) is 16.9. The van der Waals surface area contributed by atoms with Crippen molar-refractivity contribution in [2.75, 3.05) is 12.4 Å². The monoisotopic (exact) mass is 411 g/mol. The third-order valence-electron chi connectivity index (χ3n) is 4.75. The van der Waals surface area contributed by atoms with Crippen LogP contribution in [0.4, 0.5) is 5.00 Å². The second-order valence-electron chi connectivity index (χ2n) is 6.27. The second-order valence-corrected chi connectivity index (χ2v) is 8.19. The lowest BCUT2D eigenvalue weighted by Crippen LogP contribution is -2.17. The largest absolute Gasteiger partial charge is 0.465 e. The van der Waals surface area contributed by atoms with Gasteiger partial charge in [0.15, 0.2) is 0 Å². The lowest BCUT2D eigenvalue weighted by Gasteiger charge is -2.20. The quantitative estimate of drug-likeness (QED) is 0.665. The number of rotatable bonds is 4. The number of benzene rings is 1. The Kier molecular flexibility index (Phi) is 5.90. The van der Waals surface area contributed by atoms with Gasteiger partial charge in [0.05, 0.1) is 28.3 Å². The molecule has 1 N–H and O–H groups in total. The minimum atomic E-state index is -0.434. The van der Waals surface area contributed by atoms with Gasteiger partial charge in [0.25, 0.3) is 5.91 Å². The molecule has 0 spiro atoms. The Balaban J connectivity index is 1.98. The zero-order chi connectivity index (χ0) is 18.8. The molecule has 7 heteroatoms. The van der Waals surface area contributed by atoms with Crippen molar-refractivity contribution in [3.8, 4) is 0 Å². The number of nitrogens with one attached hydrogen (secondary N) is 1. The van der Waals surface area contributed by atoms with E-state index < -0.39 is 11.9 Å². The standard InChI is InChI=1S/C19H19Cl2NO3S/c1-3-10-7-8-11-14(9-10)26-18(15(11)19(24)25-2)22-17(23)16-12(20)5-4-6-13(16)21/h4-6,10H,3,7-9H2,1-2H3,(H,22,23)/t10-/m1/s1. The summed E-state index contributed by atoms with van der Waals surface area (Å²) in [5, 5.41) is 3.85. The van der Waals surface area contributed by atoms with E-state index in [-0.39, 0.29) is 15.6 Å². The Morgan fingerprint density at radius 3 is 2.58 bits per heavy atom. The van der Waals surface area contributed by atoms with Crippen molar-refractivity contribution in [3.05, 3.63) is 49.8 Å². The summed E-state index contributed by atoms with van der Waals surface area (Å²) in [6.45, 7) is 2.17. The highest BCUT2D eigenvalue weighted by molar-refractivity contribution is 7.17. The van der Waals surface area contributed by atoms with E-state index in [9.17, 15) is 9.59 Å². The van der Waals surface area contributed by atoms with Crippen LogP contribution in [0.15, 0.2) is 18.2 Å². The van der Waals surface area contributed by atoms with Gasteiger partial charge in [-0.05, 0) is 42.9 Å². The molecule has 0 radical (unpaired) electrons. The lowest BCUT2D eigenvalue weighted by molar-refractivity contribution is 0.0601. The number of hydrogen-bond acceptors (Lipinski definition) is 4. The third-order valence-corrected chi connectivity index (χ3v) is 6.55. The number of anilines is 1. The normalized spacial score (nSPS) is 16.1. The molecular weight excluding hydrogens is 393 g/mol. The van der Waals surface area contributed by atoms with Crippen LogP contribution in [0.25, 0.3) is 0 Å². The number of esters is 1. The van der Waals surface area contributed by atoms with Crippen LogP contribution in [-0.2, 0) is 17.6 Å². The van der Waals surface area contributed by atoms with Crippen LogP contribution in [0.5, 0.6) is 0 Å². The Labute approximate surface area is 166 Å². The van der Waals surface area contributed by atoms with Gasteiger partial charge in [0.2, 0.25) is 0 Å². The summed E-state index contributed by atoms with van der Waals surface area (Å²) in [4.78, 5) is 26.2. The molecule has 1 atom stereocenters. The molecule has 0 saturated carbocycles. The minimum Gasteiger partial charge on any atom is -0.465 e. The van der Waals surface area contributed by atoms with Crippen LogP contribution >= 0.6 is 34.5 Å². The van der Waals surface area contributed by atoms with E-state index in [2.05, 4.69) is 12.2 Å². The van der Waals surface area contributed by atoms with Crippen molar-refractivity contribution in [2.24, 2.45) is 5.92 Å². The van der Waals surface area contributed by atoms with E-state index in [1.54, 1.807) is 18.2 Å². The number of carbonyl (C=O) groups excluding carboxylic acids is 2. The molecule has 3 rings (SSSR count). The van der Waals surface area contributed by atoms with E-state index in [0.717, 1.165) is 36.1 Å². The molecule has 0 fully saturated rings. The Bertz CT molecular complexity index is 842. The fraction of sp³-hybridized carbons (Fsp3) is 0.368. The first-order valence-electron chi connectivity index (χ1n) is 8.44. The highest BCUT2D eigenvalue weighted by Crippen LogP contribution is 2.41. The highest BCUT2D eigenvalue weighted by atomic mass is 35.5. The third kappa shape index (κ3) is 3.61. The summed E-state index contributed by atoms with van der Waals surface area (Å²) < 4.78 is 4.95. The maximum absolute atomic E-state index is 12.7. The molecule has 0 saturated heterocycles. The predicted octanol–water partition coefficient (Wildman–Crippen LogP) is 5.61. The van der Waals surface area contributed by atoms with Crippen molar-refractivity contribution in [2.45, 2.75) is 32.6 Å². The molecule has 26 heavy (non-hydrogen) atoms. The number of ether oxygens (including phenoxy) is 1. The second kappa shape index (κ2) is 7.99. The zero-order valence-electron chi connectivity index (χ0n) is 14.5. The van der Waals surface area contributed by atoms with E-state index >= 15 is 0 Å². The van der Waals surface area contributed by atoms with Crippen molar-refractivity contribution < 1.29 is 14.3 Å². The maximum Gasteiger partial charge on any atom is 0.341 e. The Hall–Kier alpha value is -1.56. The van der Waals surface area contributed by atoms with Crippen LogP contribution in [0.2, 0.25) is 10.0 Å². The van der Waals surface area contributed by atoms with Gasteiger partial charge in [-0.25, -0.2) is 4.79 Å². The molecule has 0 aliphatic heterocycles. The Morgan fingerprint density at radius 2 is 1.96 bits per heavy atom. The first-order valence-corrected chi connectivity index (χ1v) is 10.0. The number of halogens is 2. The fourth-order valence-electron chi connectivity index (χ4n) is 3.29. The van der Waals surface area contributed by atoms with Crippen LogP contribution in [0.3, 0.4) is 0 Å². The van der Waals surface area contributed by atoms with Crippen molar-refractivity contribution in [3.63, 3.8) is 0 Å². The van der Waals surface area contributed by atoms with Crippen LogP contribution in [0.1, 0.15) is 50.9 Å². The van der Waals surface area contributed by atoms with Gasteiger partial charge >= 0.3 is 5.97 Å². The molecule has 4 nitrogen and oxygen atoms in total. The number of carbonyl (C=O) groups is 2. The van der Waals surface area contributed by atoms with Gasteiger partial charge < -0.3 is 10.1 Å². The molecule has 1 heterocycles. The number of fused-ring (bicyclic) bond motifs is 1. The Morgan fingerprint density at radius 1 is 1.27 bits per heavy atom. The van der Waals surface area contributed by atoms with E-state index in [1.165, 1.54) is 18.4 Å². The van der Waals surface area contributed by atoms with Gasteiger partial charge in [-0.3, -0.25) is 4.79 Å². The summed E-state index contributed by atoms with van der Waals surface area (Å²) >= 11 is 13.7. The molecule has 1 amide bonds. The van der Waals surface area contributed by atoms with Gasteiger partial charge in [-0.15, -0.1) is 11.3 Å². The van der Waals surface area contributed by atoms with E-state index in [0.29, 0.717) is 16.5 Å². The summed E-state index contributed by atoms with van der Waals surface area (Å²) in [5.74, 6) is -0.261. The van der Waals surface area contributed by atoms with Crippen LogP contribution in [-0.4, -0.2) is 19.0 Å². The lowest BCUT2D eigenvalue weighted by atomic mass is 9.85. The van der Waals surface area contributed by atoms with Crippen LogP contribution in [0, 0.1) is 5.92 Å². The van der Waals surface area contributed by atoms with E-state index in [4.69, 9.17) is 27.9 Å². The van der Waals surface area contributed by atoms with Crippen molar-refractivity contribution >= 4 is 51.4 Å². The number of thiophene rings is 1. The number of amides is 1. The number of hydrogen-bond donors (Lipinski definition) is 1. The highest BCUT2D eigenvalue weighted by Gasteiger charge is 2.30. The first-order chi connectivity index (χ1) is 12.5. The molecule has 0 unspecified atom stereocenters. The topological polar surface area (TPSA) is 55.4 Å². The minimum absolute atomic E-state index is 0.199. The molecule has 1 aromatic heterocycles. The molecular formula is C19H19Cl2NO3S. The first kappa shape index (κ1) is 19.2. The summed E-state index contributed by atoms with van der Waals surface area (Å²) in [6.07, 6.45) is 3.87. The molecule has 1 aliphatic carbocycles. The van der Waals surface area contributed by atoms with Gasteiger partial charge in [-0.2, -0.15) is 0 Å². The smallest absolute Gasteiger partial charge is 0.341 e. The predicted molar refractivity (Wildman–Crippen MR) is 106 cm³/mol. The van der Waals surface area contributed by atoms with Crippen molar-refractivity contribution in [1.29, 1.82) is 0 Å². The molecule has 1 aliphatic rings. The van der Waals surface area contributed by atoms with Crippen molar-refractivity contribution in [1.82, 2.24) is 0 Å². The van der Waals surface area contributed by atoms with Crippen LogP contribution < -0.4 is 5.32 Å². The summed E-state index contributed by atoms with van der Waals surface area (Å²) in [6, 6.07) is 4.89. The molecule has 0 bridgehead atoms. The SMILES string of the molecule is CC[C@@H]1CCc2c(sc(NC(=O)c3c(Cl)cccc3Cl)c2C(=O)OC)C1. The average Bonchev–Trinajstić information content (AvgIpc) is 2.97. The average molecular weight is 412 g/mol. The fourth-order valence-corrected chi connectivity index (χ4v) is 5.20. The summed E-state index contributed by atoms with van der Waals surface area (Å²) in [7, 11) is 1.35. The molecule has 2 aromatic rings. The molecule has 138 valence electrons. The number of methoxy groups -OCH3 is 1. The van der Waals surface area contributed by atoms with Gasteiger partial charge in [-0.1, -0.05) is 42.6 Å². The maximum atomic E-state index is 12.7. The molecule has 1 aromatic carbocycles. The van der Waals surface area contributed by atoms with Gasteiger partial charge in [0.1, 0.15) is 5.00 Å².